The summed E-state index contributed by atoms with van der Waals surface area (Å²) in [7, 11) is 0. The van der Waals surface area contributed by atoms with Crippen LogP contribution in [0.3, 0.4) is 0 Å². The Labute approximate surface area is 97.3 Å². The highest BCUT2D eigenvalue weighted by atomic mass is 16.5. The van der Waals surface area contributed by atoms with E-state index in [1.165, 1.54) is 0 Å². The lowest BCUT2D eigenvalue weighted by molar-refractivity contribution is -0.137. The normalized spacial score (nSPS) is 27.3. The van der Waals surface area contributed by atoms with Crippen molar-refractivity contribution in [2.24, 2.45) is 5.92 Å². The number of nitrogens with zero attached hydrogens (tertiary/aromatic N) is 1. The van der Waals surface area contributed by atoms with Gasteiger partial charge >= 0.3 is 0 Å². The molecular formula is C12H22N2O2. The van der Waals surface area contributed by atoms with Gasteiger partial charge in [0.2, 0.25) is 5.91 Å². The number of carbonyl (C=O) groups excluding carboxylic acids is 1. The van der Waals surface area contributed by atoms with E-state index in [2.05, 4.69) is 12.2 Å². The molecule has 1 N–H and O–H groups in total. The quantitative estimate of drug-likeness (QED) is 0.767. The van der Waals surface area contributed by atoms with Crippen LogP contribution in [0.5, 0.6) is 0 Å². The van der Waals surface area contributed by atoms with E-state index in [0.717, 1.165) is 52.1 Å². The average molecular weight is 226 g/mol. The minimum absolute atomic E-state index is 0.217. The second-order valence-electron chi connectivity index (χ2n) is 4.71. The first kappa shape index (κ1) is 11.9. The van der Waals surface area contributed by atoms with Gasteiger partial charge in [-0.3, -0.25) is 4.79 Å². The van der Waals surface area contributed by atoms with E-state index in [9.17, 15) is 4.79 Å². The topological polar surface area (TPSA) is 41.6 Å². The molecule has 0 aromatic heterocycles. The second-order valence-corrected chi connectivity index (χ2v) is 4.71. The molecular weight excluding hydrogens is 204 g/mol. The van der Waals surface area contributed by atoms with Crippen LogP contribution in [0.25, 0.3) is 0 Å². The zero-order valence-electron chi connectivity index (χ0n) is 10.1. The smallest absolute Gasteiger partial charge is 0.225 e. The Morgan fingerprint density at radius 1 is 1.38 bits per heavy atom. The van der Waals surface area contributed by atoms with Gasteiger partial charge < -0.3 is 15.0 Å². The second kappa shape index (κ2) is 5.64. The van der Waals surface area contributed by atoms with Crippen molar-refractivity contribution in [3.05, 3.63) is 0 Å². The highest BCUT2D eigenvalue weighted by molar-refractivity contribution is 5.79. The van der Waals surface area contributed by atoms with E-state index < -0.39 is 0 Å². The highest BCUT2D eigenvalue weighted by Crippen LogP contribution is 2.20. The van der Waals surface area contributed by atoms with Crippen LogP contribution in [0.15, 0.2) is 0 Å². The maximum Gasteiger partial charge on any atom is 0.225 e. The summed E-state index contributed by atoms with van der Waals surface area (Å²) in [6.45, 7) is 6.42. The zero-order valence-corrected chi connectivity index (χ0v) is 10.1. The third-order valence-corrected chi connectivity index (χ3v) is 3.56. The van der Waals surface area contributed by atoms with Gasteiger partial charge in [0.25, 0.3) is 0 Å². The fourth-order valence-electron chi connectivity index (χ4n) is 2.62. The first-order valence-corrected chi connectivity index (χ1v) is 6.41. The molecule has 1 atom stereocenters. The number of ether oxygens (including phenoxy) is 1. The molecule has 2 fully saturated rings. The Bertz CT molecular complexity index is 239. The molecule has 1 amide bonds. The molecule has 0 radical (unpaired) electrons. The number of likely N-dealkylation sites (N-methyl/N-ethyl adjacent to an activating group) is 1. The van der Waals surface area contributed by atoms with Crippen LogP contribution in [0.4, 0.5) is 0 Å². The molecule has 0 spiro atoms. The van der Waals surface area contributed by atoms with E-state index in [0.29, 0.717) is 11.9 Å². The summed E-state index contributed by atoms with van der Waals surface area (Å²) >= 11 is 0. The molecule has 0 saturated carbocycles. The molecule has 0 bridgehead atoms. The molecule has 2 rings (SSSR count). The number of carbonyl (C=O) groups is 1. The van der Waals surface area contributed by atoms with Gasteiger partial charge in [-0.1, -0.05) is 6.92 Å². The first-order valence-electron chi connectivity index (χ1n) is 6.41. The maximum atomic E-state index is 12.2. The zero-order chi connectivity index (χ0) is 11.4. The first-order chi connectivity index (χ1) is 7.81. The van der Waals surface area contributed by atoms with Gasteiger partial charge in [-0.2, -0.15) is 0 Å². The molecule has 2 aliphatic heterocycles. The van der Waals surface area contributed by atoms with Crippen molar-refractivity contribution in [2.45, 2.75) is 32.2 Å². The van der Waals surface area contributed by atoms with Crippen molar-refractivity contribution < 1.29 is 9.53 Å². The Balaban J connectivity index is 1.81. The van der Waals surface area contributed by atoms with Crippen molar-refractivity contribution in [2.75, 3.05) is 32.8 Å². The monoisotopic (exact) mass is 226 g/mol. The van der Waals surface area contributed by atoms with Gasteiger partial charge in [0.05, 0.1) is 0 Å². The summed E-state index contributed by atoms with van der Waals surface area (Å²) in [5.74, 6) is 0.567. The fourth-order valence-corrected chi connectivity index (χ4v) is 2.62. The molecule has 0 aromatic rings. The van der Waals surface area contributed by atoms with E-state index in [1.807, 2.05) is 4.90 Å². The van der Waals surface area contributed by atoms with Gasteiger partial charge in [-0.05, 0) is 25.8 Å². The van der Waals surface area contributed by atoms with Gasteiger partial charge in [-0.15, -0.1) is 0 Å². The van der Waals surface area contributed by atoms with Crippen LogP contribution in [0, 0.1) is 5.92 Å². The lowest BCUT2D eigenvalue weighted by Crippen LogP contribution is -2.39. The summed E-state index contributed by atoms with van der Waals surface area (Å²) in [5.41, 5.74) is 0. The molecule has 0 aromatic carbocycles. The summed E-state index contributed by atoms with van der Waals surface area (Å²) in [5, 5.41) is 3.41. The number of rotatable bonds is 3. The largest absolute Gasteiger partial charge is 0.381 e. The third-order valence-electron chi connectivity index (χ3n) is 3.56. The van der Waals surface area contributed by atoms with Gasteiger partial charge in [0.15, 0.2) is 0 Å². The lowest BCUT2D eigenvalue weighted by Gasteiger charge is -2.26. The molecule has 0 aliphatic carbocycles. The Morgan fingerprint density at radius 3 is 2.81 bits per heavy atom. The van der Waals surface area contributed by atoms with Gasteiger partial charge in [0, 0.05) is 38.3 Å². The molecule has 2 saturated heterocycles. The Hall–Kier alpha value is -0.610. The Kier molecular flexibility index (Phi) is 4.18. The number of nitrogens with one attached hydrogen (secondary N) is 1. The summed E-state index contributed by atoms with van der Waals surface area (Å²) in [4.78, 5) is 14.2. The minimum Gasteiger partial charge on any atom is -0.381 e. The van der Waals surface area contributed by atoms with Crippen molar-refractivity contribution >= 4 is 5.91 Å². The van der Waals surface area contributed by atoms with E-state index in [1.54, 1.807) is 0 Å². The third kappa shape index (κ3) is 2.74. The standard InChI is InChI=1S/C12H22N2O2/c1-2-13-11-3-6-14(9-11)12(15)10-4-7-16-8-5-10/h10-11,13H,2-9H2,1H3. The van der Waals surface area contributed by atoms with Crippen molar-refractivity contribution in [3.8, 4) is 0 Å². The van der Waals surface area contributed by atoms with Crippen LogP contribution in [0.1, 0.15) is 26.2 Å². The molecule has 4 nitrogen and oxygen atoms in total. The molecule has 4 heteroatoms. The number of hydrogen-bond acceptors (Lipinski definition) is 3. The number of amides is 1. The van der Waals surface area contributed by atoms with E-state index >= 15 is 0 Å². The fraction of sp³-hybridized carbons (Fsp3) is 0.917. The van der Waals surface area contributed by atoms with Gasteiger partial charge in [-0.25, -0.2) is 0 Å². The lowest BCUT2D eigenvalue weighted by atomic mass is 9.99. The van der Waals surface area contributed by atoms with Crippen molar-refractivity contribution in [3.63, 3.8) is 0 Å². The maximum absolute atomic E-state index is 12.2. The molecule has 2 heterocycles. The van der Waals surface area contributed by atoms with Crippen LogP contribution in [-0.4, -0.2) is 49.7 Å². The summed E-state index contributed by atoms with van der Waals surface area (Å²) in [6, 6.07) is 0.508. The van der Waals surface area contributed by atoms with Crippen LogP contribution < -0.4 is 5.32 Å². The predicted octanol–water partition coefficient (Wildman–Crippen LogP) is 0.623. The molecule has 2 aliphatic rings. The average Bonchev–Trinajstić information content (AvgIpc) is 2.78. The van der Waals surface area contributed by atoms with Crippen LogP contribution in [0.2, 0.25) is 0 Å². The van der Waals surface area contributed by atoms with E-state index in [-0.39, 0.29) is 5.92 Å². The van der Waals surface area contributed by atoms with Gasteiger partial charge in [0.1, 0.15) is 0 Å². The SMILES string of the molecule is CCNC1CCN(C(=O)C2CCOCC2)C1. The molecule has 16 heavy (non-hydrogen) atoms. The Morgan fingerprint density at radius 2 is 2.12 bits per heavy atom. The molecule has 1 unspecified atom stereocenters. The summed E-state index contributed by atoms with van der Waals surface area (Å²) < 4.78 is 5.29. The molecule has 92 valence electrons. The van der Waals surface area contributed by atoms with Crippen molar-refractivity contribution in [1.29, 1.82) is 0 Å². The van der Waals surface area contributed by atoms with Crippen LogP contribution >= 0.6 is 0 Å². The summed E-state index contributed by atoms with van der Waals surface area (Å²) in [6.07, 6.45) is 2.91. The number of likely N-dealkylation sites (tertiary alicyclic amines) is 1. The highest BCUT2D eigenvalue weighted by Gasteiger charge is 2.31. The van der Waals surface area contributed by atoms with E-state index in [4.69, 9.17) is 4.74 Å². The van der Waals surface area contributed by atoms with Crippen LogP contribution in [-0.2, 0) is 9.53 Å². The number of hydrogen-bond donors (Lipinski definition) is 1. The van der Waals surface area contributed by atoms with Crippen molar-refractivity contribution in [1.82, 2.24) is 10.2 Å². The minimum atomic E-state index is 0.217. The predicted molar refractivity (Wildman–Crippen MR) is 62.2 cm³/mol.